The lowest BCUT2D eigenvalue weighted by atomic mass is 10.0. The topological polar surface area (TPSA) is 84.9 Å². The molecule has 0 aromatic rings. The van der Waals surface area contributed by atoms with E-state index in [1.165, 1.54) is 7.11 Å². The van der Waals surface area contributed by atoms with Gasteiger partial charge in [0.1, 0.15) is 12.6 Å². The molecule has 0 radical (unpaired) electrons. The molecule has 106 valence electrons. The first-order valence-electron chi connectivity index (χ1n) is 5.99. The number of esters is 1. The summed E-state index contributed by atoms with van der Waals surface area (Å²) in [6, 6.07) is -0.655. The summed E-state index contributed by atoms with van der Waals surface area (Å²) in [6.45, 7) is 5.36. The van der Waals surface area contributed by atoms with Gasteiger partial charge in [0.05, 0.1) is 19.8 Å². The second-order valence-corrected chi connectivity index (χ2v) is 4.64. The average Bonchev–Trinajstić information content (AvgIpc) is 2.25. The van der Waals surface area contributed by atoms with Crippen molar-refractivity contribution in [3.63, 3.8) is 0 Å². The highest BCUT2D eigenvalue weighted by Crippen LogP contribution is 2.06. The number of ether oxygens (including phenoxy) is 2. The van der Waals surface area contributed by atoms with Gasteiger partial charge in [-0.05, 0) is 19.3 Å². The zero-order chi connectivity index (χ0) is 14.1. The Balaban J connectivity index is 4.14. The van der Waals surface area contributed by atoms with Crippen molar-refractivity contribution in [3.8, 4) is 0 Å². The molecule has 0 saturated carbocycles. The highest BCUT2D eigenvalue weighted by molar-refractivity contribution is 5.85. The van der Waals surface area contributed by atoms with Crippen LogP contribution in [0.3, 0.4) is 0 Å². The summed E-state index contributed by atoms with van der Waals surface area (Å²) in [7, 11) is 1.28. The molecule has 0 rings (SSSR count). The van der Waals surface area contributed by atoms with Gasteiger partial charge in [0, 0.05) is 0 Å². The van der Waals surface area contributed by atoms with Crippen LogP contribution in [0.5, 0.6) is 0 Å². The SMILES string of the molecule is COC(=O)[C@H](CC(C)C)NC(=O)COCC(C)O. The number of nitrogens with one attached hydrogen (secondary N) is 1. The third kappa shape index (κ3) is 8.03. The summed E-state index contributed by atoms with van der Waals surface area (Å²) in [5.41, 5.74) is 0. The van der Waals surface area contributed by atoms with Crippen LogP contribution in [0.15, 0.2) is 0 Å². The van der Waals surface area contributed by atoms with Gasteiger partial charge in [-0.25, -0.2) is 4.79 Å². The third-order valence-electron chi connectivity index (χ3n) is 2.12. The molecule has 1 unspecified atom stereocenters. The Labute approximate surface area is 108 Å². The van der Waals surface area contributed by atoms with Crippen LogP contribution < -0.4 is 5.32 Å². The van der Waals surface area contributed by atoms with Crippen molar-refractivity contribution in [2.75, 3.05) is 20.3 Å². The molecule has 0 aliphatic carbocycles. The minimum Gasteiger partial charge on any atom is -0.467 e. The summed E-state index contributed by atoms with van der Waals surface area (Å²) < 4.78 is 9.58. The van der Waals surface area contributed by atoms with Crippen LogP contribution in [-0.4, -0.2) is 49.5 Å². The monoisotopic (exact) mass is 261 g/mol. The fraction of sp³-hybridized carbons (Fsp3) is 0.833. The number of aliphatic hydroxyl groups excluding tert-OH is 1. The zero-order valence-corrected chi connectivity index (χ0v) is 11.4. The molecule has 0 aromatic heterocycles. The number of rotatable bonds is 8. The molecule has 0 saturated heterocycles. The van der Waals surface area contributed by atoms with E-state index < -0.39 is 24.0 Å². The molecule has 2 atom stereocenters. The van der Waals surface area contributed by atoms with E-state index in [0.29, 0.717) is 6.42 Å². The van der Waals surface area contributed by atoms with Gasteiger partial charge in [0.15, 0.2) is 0 Å². The number of hydrogen-bond acceptors (Lipinski definition) is 5. The van der Waals surface area contributed by atoms with Crippen LogP contribution in [0, 0.1) is 5.92 Å². The normalized spacial score (nSPS) is 14.1. The summed E-state index contributed by atoms with van der Waals surface area (Å²) in [5, 5.41) is 11.5. The van der Waals surface area contributed by atoms with Gasteiger partial charge >= 0.3 is 5.97 Å². The van der Waals surface area contributed by atoms with Crippen LogP contribution in [0.2, 0.25) is 0 Å². The molecule has 0 fully saturated rings. The van der Waals surface area contributed by atoms with Crippen molar-refractivity contribution in [1.82, 2.24) is 5.32 Å². The van der Waals surface area contributed by atoms with E-state index in [9.17, 15) is 9.59 Å². The van der Waals surface area contributed by atoms with Gasteiger partial charge in [-0.3, -0.25) is 4.79 Å². The summed E-state index contributed by atoms with van der Waals surface area (Å²) in [4.78, 5) is 23.0. The molecule has 0 aromatic carbocycles. The molecule has 0 aliphatic heterocycles. The largest absolute Gasteiger partial charge is 0.467 e. The van der Waals surface area contributed by atoms with Gasteiger partial charge in [0.25, 0.3) is 0 Å². The van der Waals surface area contributed by atoms with Crippen molar-refractivity contribution in [3.05, 3.63) is 0 Å². The lowest BCUT2D eigenvalue weighted by Gasteiger charge is -2.18. The van der Waals surface area contributed by atoms with Crippen LogP contribution in [0.25, 0.3) is 0 Å². The maximum absolute atomic E-state index is 11.5. The average molecular weight is 261 g/mol. The first-order chi connectivity index (χ1) is 8.36. The number of aliphatic hydroxyl groups is 1. The summed E-state index contributed by atoms with van der Waals surface area (Å²) >= 11 is 0. The standard InChI is InChI=1S/C12H23NO5/c1-8(2)5-10(12(16)17-4)13-11(15)7-18-6-9(3)14/h8-10,14H,5-7H2,1-4H3,(H,13,15)/t9?,10-/m0/s1. The third-order valence-corrected chi connectivity index (χ3v) is 2.12. The summed E-state index contributed by atoms with van der Waals surface area (Å²) in [5.74, 6) is -0.605. The molecule has 1 amide bonds. The van der Waals surface area contributed by atoms with Crippen LogP contribution in [0.4, 0.5) is 0 Å². The Hall–Kier alpha value is -1.14. The second-order valence-electron chi connectivity index (χ2n) is 4.64. The van der Waals surface area contributed by atoms with Gasteiger partial charge in [0.2, 0.25) is 5.91 Å². The highest BCUT2D eigenvalue weighted by Gasteiger charge is 2.22. The van der Waals surface area contributed by atoms with Gasteiger partial charge in [-0.15, -0.1) is 0 Å². The Morgan fingerprint density at radius 2 is 1.89 bits per heavy atom. The number of methoxy groups -OCH3 is 1. The highest BCUT2D eigenvalue weighted by atomic mass is 16.5. The smallest absolute Gasteiger partial charge is 0.328 e. The van der Waals surface area contributed by atoms with Gasteiger partial charge in [-0.2, -0.15) is 0 Å². The number of carbonyl (C=O) groups excluding carboxylic acids is 2. The number of hydrogen-bond donors (Lipinski definition) is 2. The quantitative estimate of drug-likeness (QED) is 0.605. The predicted octanol–water partition coefficient (Wildman–Crippen LogP) is 0.0877. The molecule has 6 heteroatoms. The van der Waals surface area contributed by atoms with E-state index in [1.54, 1.807) is 6.92 Å². The van der Waals surface area contributed by atoms with E-state index in [-0.39, 0.29) is 19.1 Å². The van der Waals surface area contributed by atoms with Gasteiger partial charge in [-0.1, -0.05) is 13.8 Å². The fourth-order valence-electron chi connectivity index (χ4n) is 1.39. The lowest BCUT2D eigenvalue weighted by Crippen LogP contribution is -2.44. The zero-order valence-electron chi connectivity index (χ0n) is 11.4. The van der Waals surface area contributed by atoms with E-state index in [4.69, 9.17) is 9.84 Å². The molecule has 18 heavy (non-hydrogen) atoms. The molecule has 0 spiro atoms. The Morgan fingerprint density at radius 3 is 2.33 bits per heavy atom. The maximum Gasteiger partial charge on any atom is 0.328 e. The minimum atomic E-state index is -0.655. The minimum absolute atomic E-state index is 0.0838. The van der Waals surface area contributed by atoms with Crippen molar-refractivity contribution >= 4 is 11.9 Å². The maximum atomic E-state index is 11.5. The van der Waals surface area contributed by atoms with E-state index in [1.807, 2.05) is 13.8 Å². The van der Waals surface area contributed by atoms with Crippen LogP contribution >= 0.6 is 0 Å². The first kappa shape index (κ1) is 16.9. The Morgan fingerprint density at radius 1 is 1.28 bits per heavy atom. The van der Waals surface area contributed by atoms with Crippen LogP contribution in [-0.2, 0) is 19.1 Å². The molecule has 0 bridgehead atoms. The Kier molecular flexibility index (Phi) is 8.32. The van der Waals surface area contributed by atoms with E-state index in [0.717, 1.165) is 0 Å². The number of amides is 1. The molecule has 0 heterocycles. The van der Waals surface area contributed by atoms with Crippen molar-refractivity contribution in [2.45, 2.75) is 39.3 Å². The van der Waals surface area contributed by atoms with Crippen molar-refractivity contribution in [1.29, 1.82) is 0 Å². The second kappa shape index (κ2) is 8.88. The molecule has 0 aliphatic rings. The van der Waals surface area contributed by atoms with E-state index in [2.05, 4.69) is 10.1 Å². The lowest BCUT2D eigenvalue weighted by molar-refractivity contribution is -0.146. The summed E-state index contributed by atoms with van der Waals surface area (Å²) in [6.07, 6.45) is -0.112. The predicted molar refractivity (Wildman–Crippen MR) is 65.9 cm³/mol. The molecule has 2 N–H and O–H groups in total. The van der Waals surface area contributed by atoms with Crippen molar-refractivity contribution < 1.29 is 24.2 Å². The van der Waals surface area contributed by atoms with Gasteiger partial charge < -0.3 is 19.9 Å². The number of carbonyl (C=O) groups is 2. The molecular formula is C12H23NO5. The first-order valence-corrected chi connectivity index (χ1v) is 5.99. The van der Waals surface area contributed by atoms with E-state index >= 15 is 0 Å². The van der Waals surface area contributed by atoms with Crippen molar-refractivity contribution in [2.24, 2.45) is 5.92 Å². The molecular weight excluding hydrogens is 238 g/mol. The Bertz CT molecular complexity index is 265. The fourth-order valence-corrected chi connectivity index (χ4v) is 1.39. The molecule has 6 nitrogen and oxygen atoms in total. The van der Waals surface area contributed by atoms with Crippen LogP contribution in [0.1, 0.15) is 27.2 Å².